The van der Waals surface area contributed by atoms with E-state index in [1.165, 1.54) is 40.5 Å². The molecule has 0 aliphatic heterocycles. The molecule has 0 aliphatic carbocycles. The van der Waals surface area contributed by atoms with Crippen LogP contribution >= 0.6 is 11.8 Å². The molecule has 1 N–H and O–H groups in total. The van der Waals surface area contributed by atoms with Gasteiger partial charge < -0.3 is 10.1 Å². The summed E-state index contributed by atoms with van der Waals surface area (Å²) in [6.07, 6.45) is 1.61. The van der Waals surface area contributed by atoms with Crippen molar-refractivity contribution in [2.75, 3.05) is 11.9 Å². The number of benzene rings is 2. The number of ether oxygens (including phenoxy) is 1. The lowest BCUT2D eigenvalue weighted by Gasteiger charge is -2.09. The van der Waals surface area contributed by atoms with Crippen molar-refractivity contribution in [1.29, 1.82) is 0 Å². The van der Waals surface area contributed by atoms with Gasteiger partial charge >= 0.3 is 0 Å². The Bertz CT molecular complexity index is 1330. The van der Waals surface area contributed by atoms with Crippen molar-refractivity contribution < 1.29 is 13.9 Å². The topological polar surface area (TPSA) is 90.5 Å². The normalized spacial score (nSPS) is 11.2. The maximum atomic E-state index is 13.2. The molecule has 8 nitrogen and oxygen atoms in total. The first-order valence-corrected chi connectivity index (χ1v) is 11.2. The molecule has 0 saturated heterocycles. The number of carbonyl (C=O) groups excluding carboxylic acids is 1. The first-order chi connectivity index (χ1) is 15.9. The van der Waals surface area contributed by atoms with Gasteiger partial charge in [-0.25, -0.2) is 9.37 Å². The Morgan fingerprint density at radius 2 is 1.97 bits per heavy atom. The molecule has 10 heteroatoms. The summed E-state index contributed by atoms with van der Waals surface area (Å²) < 4.78 is 21.7. The molecule has 0 aliphatic rings. The summed E-state index contributed by atoms with van der Waals surface area (Å²) in [6.45, 7) is 3.72. The average Bonchev–Trinajstić information content (AvgIpc) is 3.22. The van der Waals surface area contributed by atoms with Gasteiger partial charge in [-0.3, -0.25) is 14.3 Å². The van der Waals surface area contributed by atoms with Crippen molar-refractivity contribution in [2.24, 2.45) is 0 Å². The van der Waals surface area contributed by atoms with Crippen LogP contribution in [0.15, 0.2) is 70.6 Å². The van der Waals surface area contributed by atoms with Crippen LogP contribution in [0.3, 0.4) is 0 Å². The van der Waals surface area contributed by atoms with E-state index in [1.54, 1.807) is 29.2 Å². The van der Waals surface area contributed by atoms with Gasteiger partial charge in [0.2, 0.25) is 0 Å². The highest BCUT2D eigenvalue weighted by Gasteiger charge is 2.11. The lowest BCUT2D eigenvalue weighted by atomic mass is 10.3. The van der Waals surface area contributed by atoms with E-state index < -0.39 is 5.82 Å². The van der Waals surface area contributed by atoms with Gasteiger partial charge in [-0.05, 0) is 50.2 Å². The second-order valence-electron chi connectivity index (χ2n) is 7.52. The molecule has 2 heterocycles. The van der Waals surface area contributed by atoms with Crippen LogP contribution in [0, 0.1) is 5.82 Å². The first-order valence-electron chi connectivity index (χ1n) is 10.3. The summed E-state index contributed by atoms with van der Waals surface area (Å²) in [6, 6.07) is 14.5. The van der Waals surface area contributed by atoms with Crippen LogP contribution in [0.25, 0.3) is 5.78 Å². The lowest BCUT2D eigenvalue weighted by molar-refractivity contribution is -0.118. The predicted octanol–water partition coefficient (Wildman–Crippen LogP) is 3.92. The van der Waals surface area contributed by atoms with Gasteiger partial charge in [0, 0.05) is 34.5 Å². The van der Waals surface area contributed by atoms with Crippen LogP contribution in [0.5, 0.6) is 5.75 Å². The number of thioether (sulfide) groups is 1. The van der Waals surface area contributed by atoms with Gasteiger partial charge in [0.25, 0.3) is 17.2 Å². The molecule has 0 bridgehead atoms. The van der Waals surface area contributed by atoms with E-state index in [0.717, 1.165) is 4.90 Å². The number of hydrogen-bond donors (Lipinski definition) is 1. The van der Waals surface area contributed by atoms with E-state index in [4.69, 9.17) is 4.74 Å². The number of amides is 1. The maximum absolute atomic E-state index is 13.2. The molecule has 170 valence electrons. The molecule has 4 aromatic rings. The molecule has 0 radical (unpaired) electrons. The van der Waals surface area contributed by atoms with Gasteiger partial charge in [0.15, 0.2) is 6.61 Å². The summed E-state index contributed by atoms with van der Waals surface area (Å²) >= 11 is 1.52. The summed E-state index contributed by atoms with van der Waals surface area (Å²) in [5, 5.41) is 2.73. The third-order valence-electron chi connectivity index (χ3n) is 4.67. The Morgan fingerprint density at radius 1 is 1.18 bits per heavy atom. The van der Waals surface area contributed by atoms with Crippen molar-refractivity contribution in [3.8, 4) is 5.75 Å². The van der Waals surface area contributed by atoms with Crippen molar-refractivity contribution in [1.82, 2.24) is 19.2 Å². The monoisotopic (exact) mass is 467 g/mol. The van der Waals surface area contributed by atoms with Crippen LogP contribution in [-0.2, 0) is 10.5 Å². The molecule has 33 heavy (non-hydrogen) atoms. The number of rotatable bonds is 8. The maximum Gasteiger partial charge on any atom is 0.274 e. The number of halogens is 1. The number of carbonyl (C=O) groups is 1. The largest absolute Gasteiger partial charge is 0.484 e. The minimum absolute atomic E-state index is 0.0987. The predicted molar refractivity (Wildman–Crippen MR) is 124 cm³/mol. The van der Waals surface area contributed by atoms with Gasteiger partial charge in [0.05, 0.1) is 5.69 Å². The van der Waals surface area contributed by atoms with Crippen LogP contribution in [0.1, 0.15) is 25.6 Å². The molecule has 1 amide bonds. The smallest absolute Gasteiger partial charge is 0.274 e. The Labute approximate surface area is 193 Å². The summed E-state index contributed by atoms with van der Waals surface area (Å²) in [5.74, 6) is 0.405. The SMILES string of the molecule is CC(C)n1cnc2nc(CSc3ccc(NC(=O)COc4cccc(F)c4)cc3)cc(=O)n21. The fourth-order valence-corrected chi connectivity index (χ4v) is 3.90. The second-order valence-corrected chi connectivity index (χ2v) is 8.57. The Morgan fingerprint density at radius 3 is 2.70 bits per heavy atom. The van der Waals surface area contributed by atoms with Crippen molar-refractivity contribution in [2.45, 2.75) is 30.5 Å². The zero-order valence-electron chi connectivity index (χ0n) is 18.1. The fraction of sp³-hybridized carbons (Fsp3) is 0.217. The molecular weight excluding hydrogens is 445 g/mol. The van der Waals surface area contributed by atoms with Crippen LogP contribution < -0.4 is 15.6 Å². The fourth-order valence-electron chi connectivity index (χ4n) is 3.11. The molecule has 2 aromatic heterocycles. The van der Waals surface area contributed by atoms with Gasteiger partial charge in [-0.15, -0.1) is 11.8 Å². The quantitative estimate of drug-likeness (QED) is 0.395. The zero-order valence-corrected chi connectivity index (χ0v) is 18.9. The number of anilines is 1. The minimum Gasteiger partial charge on any atom is -0.484 e. The molecule has 0 unspecified atom stereocenters. The highest BCUT2D eigenvalue weighted by atomic mass is 32.2. The van der Waals surface area contributed by atoms with E-state index in [9.17, 15) is 14.0 Å². The third-order valence-corrected chi connectivity index (χ3v) is 5.72. The molecule has 4 rings (SSSR count). The molecule has 0 fully saturated rings. The number of aromatic nitrogens is 4. The molecule has 0 spiro atoms. The molecule has 0 atom stereocenters. The summed E-state index contributed by atoms with van der Waals surface area (Å²) in [5.41, 5.74) is 1.09. The van der Waals surface area contributed by atoms with E-state index in [0.29, 0.717) is 28.7 Å². The average molecular weight is 468 g/mol. The summed E-state index contributed by atoms with van der Waals surface area (Å²) in [7, 11) is 0. The summed E-state index contributed by atoms with van der Waals surface area (Å²) in [4.78, 5) is 34.2. The number of fused-ring (bicyclic) bond motifs is 1. The van der Waals surface area contributed by atoms with Gasteiger partial charge in [-0.1, -0.05) is 6.07 Å². The highest BCUT2D eigenvalue weighted by molar-refractivity contribution is 7.98. The number of nitrogens with one attached hydrogen (secondary N) is 1. The number of nitrogens with zero attached hydrogens (tertiary/aromatic N) is 4. The van der Waals surface area contributed by atoms with E-state index in [1.807, 2.05) is 26.0 Å². The van der Waals surface area contributed by atoms with Crippen molar-refractivity contribution >= 4 is 29.1 Å². The van der Waals surface area contributed by atoms with Crippen molar-refractivity contribution in [3.05, 3.63) is 82.8 Å². The Kier molecular flexibility index (Phi) is 6.74. The van der Waals surface area contributed by atoms with E-state index >= 15 is 0 Å². The lowest BCUT2D eigenvalue weighted by Crippen LogP contribution is -2.22. The van der Waals surface area contributed by atoms with Gasteiger partial charge in [-0.2, -0.15) is 9.50 Å². The zero-order chi connectivity index (χ0) is 23.4. The second kappa shape index (κ2) is 9.86. The molecular formula is C23H22FN5O3S. The van der Waals surface area contributed by atoms with Crippen LogP contribution in [0.2, 0.25) is 0 Å². The third kappa shape index (κ3) is 5.58. The minimum atomic E-state index is -0.424. The standard InChI is InChI=1S/C23H22FN5O3S/c1-15(2)28-14-25-23-27-18(11-22(31)29(23)28)13-33-20-8-6-17(7-9-20)26-21(30)12-32-19-5-3-4-16(24)10-19/h3-11,14-15H,12-13H2,1-2H3,(H,26,30). The van der Waals surface area contributed by atoms with Crippen molar-refractivity contribution in [3.63, 3.8) is 0 Å². The Hall–Kier alpha value is -3.66. The molecule has 2 aromatic carbocycles. The highest BCUT2D eigenvalue weighted by Crippen LogP contribution is 2.23. The first kappa shape index (κ1) is 22.5. The van der Waals surface area contributed by atoms with E-state index in [2.05, 4.69) is 15.3 Å². The van der Waals surface area contributed by atoms with Crippen LogP contribution in [-0.4, -0.2) is 31.7 Å². The Balaban J connectivity index is 1.32. The molecule has 0 saturated carbocycles. The van der Waals surface area contributed by atoms with Gasteiger partial charge in [0.1, 0.15) is 17.9 Å². The van der Waals surface area contributed by atoms with Crippen LogP contribution in [0.4, 0.5) is 10.1 Å². The number of hydrogen-bond acceptors (Lipinski definition) is 6. The van der Waals surface area contributed by atoms with E-state index in [-0.39, 0.29) is 24.1 Å².